The van der Waals surface area contributed by atoms with Crippen molar-refractivity contribution in [3.05, 3.63) is 94.1 Å². The van der Waals surface area contributed by atoms with Gasteiger partial charge in [0.05, 0.1) is 17.1 Å². The molecule has 0 atom stereocenters. The van der Waals surface area contributed by atoms with Gasteiger partial charge in [0.25, 0.3) is 5.91 Å². The van der Waals surface area contributed by atoms with Gasteiger partial charge in [0.2, 0.25) is 0 Å². The summed E-state index contributed by atoms with van der Waals surface area (Å²) in [6.45, 7) is 4.32. The van der Waals surface area contributed by atoms with Gasteiger partial charge in [-0.1, -0.05) is 18.2 Å². The number of hydrogen-bond acceptors (Lipinski definition) is 3. The molecular weight excluding hydrogens is 436 g/mol. The van der Waals surface area contributed by atoms with Crippen molar-refractivity contribution >= 4 is 5.91 Å². The van der Waals surface area contributed by atoms with E-state index in [1.54, 1.807) is 16.6 Å². The number of para-hydroxylation sites is 1. The standard InChI is InChI=1S/C26H25F2N5O/c1-16-21(17(2)32(29-16)18-8-5-4-6-9-18)15-31(3)26(34)25-20-10-7-11-24(20)33(30-25)19-12-13-22(27)23(28)14-19/h4-6,8-9,12-14H,7,10-11,15H2,1-3H3. The SMILES string of the molecule is Cc1nn(-c2ccccc2)c(C)c1CN(C)C(=O)c1nn(-c2ccc(F)c(F)c2)c2c1CCC2. The minimum Gasteiger partial charge on any atom is -0.336 e. The molecule has 4 aromatic rings. The molecule has 174 valence electrons. The van der Waals surface area contributed by atoms with Crippen molar-refractivity contribution in [2.45, 2.75) is 39.7 Å². The largest absolute Gasteiger partial charge is 0.336 e. The minimum atomic E-state index is -0.939. The Balaban J connectivity index is 1.45. The number of benzene rings is 2. The molecule has 0 saturated heterocycles. The highest BCUT2D eigenvalue weighted by atomic mass is 19.2. The first-order valence-electron chi connectivity index (χ1n) is 11.3. The van der Waals surface area contributed by atoms with E-state index in [1.807, 2.05) is 48.9 Å². The molecule has 2 heterocycles. The smallest absolute Gasteiger partial charge is 0.274 e. The quantitative estimate of drug-likeness (QED) is 0.432. The molecule has 1 aliphatic rings. The van der Waals surface area contributed by atoms with Gasteiger partial charge >= 0.3 is 0 Å². The number of aryl methyl sites for hydroxylation is 1. The van der Waals surface area contributed by atoms with Crippen molar-refractivity contribution < 1.29 is 13.6 Å². The van der Waals surface area contributed by atoms with E-state index < -0.39 is 11.6 Å². The average molecular weight is 462 g/mol. The van der Waals surface area contributed by atoms with Crippen molar-refractivity contribution in [3.63, 3.8) is 0 Å². The number of amides is 1. The molecule has 1 aliphatic carbocycles. The van der Waals surface area contributed by atoms with Gasteiger partial charge in [0, 0.05) is 42.2 Å². The third kappa shape index (κ3) is 3.69. The fourth-order valence-corrected chi connectivity index (χ4v) is 4.65. The molecule has 0 radical (unpaired) electrons. The maximum atomic E-state index is 13.9. The summed E-state index contributed by atoms with van der Waals surface area (Å²) in [5.41, 5.74) is 6.32. The zero-order valence-corrected chi connectivity index (χ0v) is 19.3. The average Bonchev–Trinajstić information content (AvgIpc) is 3.52. The van der Waals surface area contributed by atoms with Crippen LogP contribution in [-0.2, 0) is 19.4 Å². The Morgan fingerprint density at radius 1 is 0.971 bits per heavy atom. The van der Waals surface area contributed by atoms with Crippen molar-refractivity contribution in [2.75, 3.05) is 7.05 Å². The second-order valence-corrected chi connectivity index (χ2v) is 8.70. The Morgan fingerprint density at radius 3 is 2.47 bits per heavy atom. The molecule has 0 saturated carbocycles. The first kappa shape index (κ1) is 22.0. The molecule has 0 fully saturated rings. The van der Waals surface area contributed by atoms with Crippen LogP contribution in [0.15, 0.2) is 48.5 Å². The molecule has 0 N–H and O–H groups in total. The van der Waals surface area contributed by atoms with Crippen LogP contribution in [0, 0.1) is 25.5 Å². The summed E-state index contributed by atoms with van der Waals surface area (Å²) in [4.78, 5) is 15.1. The Labute approximate surface area is 196 Å². The molecule has 2 aromatic heterocycles. The van der Waals surface area contributed by atoms with Crippen LogP contribution in [0.1, 0.15) is 45.1 Å². The Bertz CT molecular complexity index is 1390. The second kappa shape index (κ2) is 8.52. The Hall–Kier alpha value is -3.81. The van der Waals surface area contributed by atoms with Gasteiger partial charge in [-0.3, -0.25) is 4.79 Å². The number of aromatic nitrogens is 4. The van der Waals surface area contributed by atoms with E-state index in [4.69, 9.17) is 0 Å². The minimum absolute atomic E-state index is 0.203. The molecular formula is C26H25F2N5O. The third-order valence-electron chi connectivity index (χ3n) is 6.46. The van der Waals surface area contributed by atoms with E-state index in [1.165, 1.54) is 6.07 Å². The highest BCUT2D eigenvalue weighted by molar-refractivity contribution is 5.94. The summed E-state index contributed by atoms with van der Waals surface area (Å²) < 4.78 is 30.8. The molecule has 34 heavy (non-hydrogen) atoms. The monoisotopic (exact) mass is 461 g/mol. The molecule has 0 spiro atoms. The number of hydrogen-bond donors (Lipinski definition) is 0. The lowest BCUT2D eigenvalue weighted by atomic mass is 10.1. The van der Waals surface area contributed by atoms with E-state index in [-0.39, 0.29) is 5.91 Å². The van der Waals surface area contributed by atoms with E-state index in [0.29, 0.717) is 17.9 Å². The van der Waals surface area contributed by atoms with Gasteiger partial charge in [-0.05, 0) is 57.4 Å². The molecule has 1 amide bonds. The molecule has 6 nitrogen and oxygen atoms in total. The first-order valence-corrected chi connectivity index (χ1v) is 11.3. The predicted octanol–water partition coefficient (Wildman–Crippen LogP) is 4.71. The van der Waals surface area contributed by atoms with Crippen molar-refractivity contribution in [1.82, 2.24) is 24.5 Å². The van der Waals surface area contributed by atoms with Gasteiger partial charge < -0.3 is 4.90 Å². The summed E-state index contributed by atoms with van der Waals surface area (Å²) in [6, 6.07) is 13.5. The lowest BCUT2D eigenvalue weighted by molar-refractivity contribution is 0.0777. The third-order valence-corrected chi connectivity index (χ3v) is 6.46. The molecule has 5 rings (SSSR count). The maximum absolute atomic E-state index is 13.9. The first-order chi connectivity index (χ1) is 16.3. The van der Waals surface area contributed by atoms with Gasteiger partial charge in [0.1, 0.15) is 0 Å². The zero-order valence-electron chi connectivity index (χ0n) is 19.3. The second-order valence-electron chi connectivity index (χ2n) is 8.70. The molecule has 0 aliphatic heterocycles. The fraction of sp³-hybridized carbons (Fsp3) is 0.269. The topological polar surface area (TPSA) is 56.0 Å². The lowest BCUT2D eigenvalue weighted by Gasteiger charge is -2.17. The van der Waals surface area contributed by atoms with Crippen LogP contribution in [0.3, 0.4) is 0 Å². The zero-order chi connectivity index (χ0) is 24.0. The van der Waals surface area contributed by atoms with Crippen molar-refractivity contribution in [2.24, 2.45) is 0 Å². The van der Waals surface area contributed by atoms with Crippen LogP contribution >= 0.6 is 0 Å². The number of fused-ring (bicyclic) bond motifs is 1. The van der Waals surface area contributed by atoms with Gasteiger partial charge in [0.15, 0.2) is 17.3 Å². The summed E-state index contributed by atoms with van der Waals surface area (Å²) in [7, 11) is 1.75. The molecule has 8 heteroatoms. The van der Waals surface area contributed by atoms with Crippen LogP contribution in [0.5, 0.6) is 0 Å². The van der Waals surface area contributed by atoms with Gasteiger partial charge in [-0.15, -0.1) is 0 Å². The van der Waals surface area contributed by atoms with E-state index in [0.717, 1.165) is 65.3 Å². The van der Waals surface area contributed by atoms with Crippen LogP contribution in [0.25, 0.3) is 11.4 Å². The Kier molecular flexibility index (Phi) is 5.51. The molecule has 0 bridgehead atoms. The van der Waals surface area contributed by atoms with Gasteiger partial charge in [-0.2, -0.15) is 10.2 Å². The number of carbonyl (C=O) groups is 1. The predicted molar refractivity (Wildman–Crippen MR) is 124 cm³/mol. The van der Waals surface area contributed by atoms with Crippen molar-refractivity contribution in [3.8, 4) is 11.4 Å². The number of nitrogens with zero attached hydrogens (tertiary/aromatic N) is 5. The Morgan fingerprint density at radius 2 is 1.74 bits per heavy atom. The van der Waals surface area contributed by atoms with Crippen LogP contribution < -0.4 is 0 Å². The van der Waals surface area contributed by atoms with E-state index >= 15 is 0 Å². The van der Waals surface area contributed by atoms with Gasteiger partial charge in [-0.25, -0.2) is 18.1 Å². The molecule has 0 unspecified atom stereocenters. The summed E-state index contributed by atoms with van der Waals surface area (Å²) in [6.07, 6.45) is 2.36. The highest BCUT2D eigenvalue weighted by Crippen LogP contribution is 2.29. The van der Waals surface area contributed by atoms with Crippen LogP contribution in [-0.4, -0.2) is 37.4 Å². The van der Waals surface area contributed by atoms with Crippen LogP contribution in [0.2, 0.25) is 0 Å². The summed E-state index contributed by atoms with van der Waals surface area (Å²) in [5, 5.41) is 9.22. The normalized spacial score (nSPS) is 12.7. The molecule has 2 aromatic carbocycles. The van der Waals surface area contributed by atoms with E-state index in [2.05, 4.69) is 10.2 Å². The van der Waals surface area contributed by atoms with Crippen LogP contribution in [0.4, 0.5) is 8.78 Å². The number of halogens is 2. The lowest BCUT2D eigenvalue weighted by Crippen LogP contribution is -2.28. The summed E-state index contributed by atoms with van der Waals surface area (Å²) >= 11 is 0. The highest BCUT2D eigenvalue weighted by Gasteiger charge is 2.29. The number of carbonyl (C=O) groups excluding carboxylic acids is 1. The fourth-order valence-electron chi connectivity index (χ4n) is 4.65. The van der Waals surface area contributed by atoms with Crippen molar-refractivity contribution in [1.29, 1.82) is 0 Å². The maximum Gasteiger partial charge on any atom is 0.274 e. The summed E-state index contributed by atoms with van der Waals surface area (Å²) in [5.74, 6) is -2.05. The van der Waals surface area contributed by atoms with E-state index in [9.17, 15) is 13.6 Å². The number of rotatable bonds is 5.